The van der Waals surface area contributed by atoms with Gasteiger partial charge in [0, 0.05) is 0 Å². The maximum atomic E-state index is 3.90. The fraction of sp³-hybridized carbons (Fsp3) is 0.0476. The van der Waals surface area contributed by atoms with Gasteiger partial charge in [0.15, 0.2) is 0 Å². The predicted octanol–water partition coefficient (Wildman–Crippen LogP) is 2.93. The van der Waals surface area contributed by atoms with E-state index in [0.717, 1.165) is 6.42 Å². The minimum atomic E-state index is 0.263. The maximum Gasteiger partial charge on any atom is 0.241 e. The maximum absolute atomic E-state index is 3.90. The molecule has 22 heavy (non-hydrogen) atoms. The average molecular weight is 282 g/mol. The molecule has 0 saturated carbocycles. The van der Waals surface area contributed by atoms with Crippen molar-refractivity contribution in [3.63, 3.8) is 0 Å². The van der Waals surface area contributed by atoms with Crippen molar-refractivity contribution in [2.75, 3.05) is 0 Å². The zero-order valence-electron chi connectivity index (χ0n) is 12.7. The van der Waals surface area contributed by atoms with Crippen molar-refractivity contribution in [2.24, 2.45) is 0 Å². The van der Waals surface area contributed by atoms with Gasteiger partial charge in [-0.05, 0) is 12.0 Å². The fourth-order valence-electron chi connectivity index (χ4n) is 3.00. The van der Waals surface area contributed by atoms with E-state index in [0.29, 0.717) is 0 Å². The van der Waals surface area contributed by atoms with Crippen molar-refractivity contribution in [1.82, 2.24) is 0 Å². The van der Waals surface area contributed by atoms with Crippen molar-refractivity contribution in [3.05, 3.63) is 103 Å². The van der Waals surface area contributed by atoms with Crippen LogP contribution in [0.25, 0.3) is 0 Å². The first-order chi connectivity index (χ1) is 10.9. The highest BCUT2D eigenvalue weighted by Gasteiger charge is 2.23. The number of rotatable bonds is 5. The molecule has 0 atom stereocenters. The van der Waals surface area contributed by atoms with Crippen LogP contribution in [0.5, 0.6) is 0 Å². The summed E-state index contributed by atoms with van der Waals surface area (Å²) in [5, 5.41) is 0. The molecule has 0 saturated heterocycles. The third-order valence-electron chi connectivity index (χ3n) is 4.00. The Morgan fingerprint density at radius 3 is 1.73 bits per heavy atom. The molecule has 0 aromatic heterocycles. The number of allylic oxidation sites excluding steroid dienone is 1. The third-order valence-corrected chi connectivity index (χ3v) is 4.00. The van der Waals surface area contributed by atoms with Gasteiger partial charge in [-0.2, -0.15) is 0 Å². The number of benzene rings is 3. The summed E-state index contributed by atoms with van der Waals surface area (Å²) in [6.45, 7) is 4.16. The molecule has 0 nitrogen and oxygen atoms in total. The van der Waals surface area contributed by atoms with Gasteiger partial charge in [0.1, 0.15) is 0 Å². The Hall–Kier alpha value is -2.54. The second-order valence-electron chi connectivity index (χ2n) is 5.45. The minimum Gasteiger partial charge on any atom is -0.103 e. The standard InChI is InChI=1S/C21H19B/c1-2-11-18-12-9-10-17-21(18)22(19-13-5-3-6-14-19)20-15-7-4-8-16-20/h2-10,12-17H,1,11H2. The van der Waals surface area contributed by atoms with E-state index in [1.807, 2.05) is 6.08 Å². The summed E-state index contributed by atoms with van der Waals surface area (Å²) in [4.78, 5) is 0. The van der Waals surface area contributed by atoms with Crippen LogP contribution in [0.2, 0.25) is 0 Å². The topological polar surface area (TPSA) is 0 Å². The first-order valence-corrected chi connectivity index (χ1v) is 7.68. The van der Waals surface area contributed by atoms with E-state index in [1.165, 1.54) is 22.0 Å². The predicted molar refractivity (Wildman–Crippen MR) is 97.9 cm³/mol. The lowest BCUT2D eigenvalue weighted by Crippen LogP contribution is -2.53. The normalized spacial score (nSPS) is 10.2. The summed E-state index contributed by atoms with van der Waals surface area (Å²) in [6, 6.07) is 30.1. The molecular weight excluding hydrogens is 263 g/mol. The lowest BCUT2D eigenvalue weighted by molar-refractivity contribution is 1.30. The lowest BCUT2D eigenvalue weighted by atomic mass is 9.36. The summed E-state index contributed by atoms with van der Waals surface area (Å²) in [5.74, 6) is 0. The molecule has 3 rings (SSSR count). The molecule has 0 aliphatic heterocycles. The van der Waals surface area contributed by atoms with Gasteiger partial charge in [0.25, 0.3) is 0 Å². The minimum absolute atomic E-state index is 0.263. The molecule has 0 bridgehead atoms. The van der Waals surface area contributed by atoms with Gasteiger partial charge in [-0.25, -0.2) is 0 Å². The van der Waals surface area contributed by atoms with Crippen molar-refractivity contribution in [2.45, 2.75) is 6.42 Å². The van der Waals surface area contributed by atoms with E-state index >= 15 is 0 Å². The van der Waals surface area contributed by atoms with Crippen LogP contribution in [0, 0.1) is 0 Å². The van der Waals surface area contributed by atoms with Gasteiger partial charge in [0.05, 0.1) is 0 Å². The Labute approximate surface area is 133 Å². The van der Waals surface area contributed by atoms with Crippen LogP contribution < -0.4 is 16.4 Å². The SMILES string of the molecule is C=CCc1ccccc1B(c1ccccc1)c1ccccc1. The summed E-state index contributed by atoms with van der Waals surface area (Å²) in [7, 11) is 0. The van der Waals surface area contributed by atoms with E-state index < -0.39 is 0 Å². The molecule has 0 unspecified atom stereocenters. The zero-order valence-corrected chi connectivity index (χ0v) is 12.7. The van der Waals surface area contributed by atoms with Gasteiger partial charge in [-0.3, -0.25) is 0 Å². The quantitative estimate of drug-likeness (QED) is 0.498. The molecule has 0 heterocycles. The molecule has 3 aromatic carbocycles. The van der Waals surface area contributed by atoms with Gasteiger partial charge < -0.3 is 0 Å². The monoisotopic (exact) mass is 282 g/mol. The van der Waals surface area contributed by atoms with Crippen LogP contribution in [0.4, 0.5) is 0 Å². The van der Waals surface area contributed by atoms with Crippen LogP contribution >= 0.6 is 0 Å². The first kappa shape index (κ1) is 14.4. The van der Waals surface area contributed by atoms with E-state index in [9.17, 15) is 0 Å². The molecule has 0 radical (unpaired) electrons. The lowest BCUT2D eigenvalue weighted by Gasteiger charge is -2.18. The second-order valence-corrected chi connectivity index (χ2v) is 5.45. The van der Waals surface area contributed by atoms with E-state index in [4.69, 9.17) is 0 Å². The fourth-order valence-corrected chi connectivity index (χ4v) is 3.00. The highest BCUT2D eigenvalue weighted by molar-refractivity contribution is 6.95. The van der Waals surface area contributed by atoms with Crippen molar-refractivity contribution in [3.8, 4) is 0 Å². The summed E-state index contributed by atoms with van der Waals surface area (Å²) in [6.07, 6.45) is 2.87. The summed E-state index contributed by atoms with van der Waals surface area (Å²) >= 11 is 0. The Morgan fingerprint density at radius 2 is 1.18 bits per heavy atom. The average Bonchev–Trinajstić information content (AvgIpc) is 2.59. The first-order valence-electron chi connectivity index (χ1n) is 7.68. The van der Waals surface area contributed by atoms with Crippen molar-refractivity contribution >= 4 is 23.1 Å². The van der Waals surface area contributed by atoms with E-state index in [2.05, 4.69) is 91.5 Å². The molecule has 0 amide bonds. The highest BCUT2D eigenvalue weighted by atomic mass is 14.0. The van der Waals surface area contributed by atoms with Crippen LogP contribution in [-0.2, 0) is 6.42 Å². The molecule has 0 aliphatic carbocycles. The van der Waals surface area contributed by atoms with Crippen LogP contribution in [0.1, 0.15) is 5.56 Å². The van der Waals surface area contributed by atoms with Gasteiger partial charge in [0.2, 0.25) is 6.71 Å². The van der Waals surface area contributed by atoms with Gasteiger partial charge in [-0.1, -0.05) is 107 Å². The van der Waals surface area contributed by atoms with Gasteiger partial charge in [-0.15, -0.1) is 6.58 Å². The Bertz CT molecular complexity index is 693. The summed E-state index contributed by atoms with van der Waals surface area (Å²) < 4.78 is 0. The molecule has 106 valence electrons. The van der Waals surface area contributed by atoms with Crippen molar-refractivity contribution < 1.29 is 0 Å². The molecule has 0 spiro atoms. The molecule has 3 aromatic rings. The van der Waals surface area contributed by atoms with Gasteiger partial charge >= 0.3 is 0 Å². The van der Waals surface area contributed by atoms with Crippen LogP contribution in [0.15, 0.2) is 97.6 Å². The Kier molecular flexibility index (Phi) is 4.55. The highest BCUT2D eigenvalue weighted by Crippen LogP contribution is 2.03. The molecule has 1 heteroatoms. The van der Waals surface area contributed by atoms with Crippen LogP contribution in [-0.4, -0.2) is 6.71 Å². The zero-order chi connectivity index (χ0) is 15.2. The number of hydrogen-bond donors (Lipinski definition) is 0. The third kappa shape index (κ3) is 3.04. The summed E-state index contributed by atoms with van der Waals surface area (Å²) in [5.41, 5.74) is 5.35. The smallest absolute Gasteiger partial charge is 0.103 e. The largest absolute Gasteiger partial charge is 0.241 e. The molecule has 0 aliphatic rings. The second kappa shape index (κ2) is 6.95. The molecular formula is C21H19B. The molecule has 0 fully saturated rings. The van der Waals surface area contributed by atoms with Crippen molar-refractivity contribution in [1.29, 1.82) is 0 Å². The van der Waals surface area contributed by atoms with E-state index in [-0.39, 0.29) is 6.71 Å². The Balaban J connectivity index is 2.17. The van der Waals surface area contributed by atoms with Crippen LogP contribution in [0.3, 0.4) is 0 Å². The Morgan fingerprint density at radius 1 is 0.682 bits per heavy atom. The number of hydrogen-bond acceptors (Lipinski definition) is 0. The molecule has 0 N–H and O–H groups in total. The van der Waals surface area contributed by atoms with E-state index in [1.54, 1.807) is 0 Å².